The van der Waals surface area contributed by atoms with E-state index >= 15 is 0 Å². The molecule has 190 valence electrons. The summed E-state index contributed by atoms with van der Waals surface area (Å²) in [7, 11) is 1.61. The van der Waals surface area contributed by atoms with Gasteiger partial charge in [-0.2, -0.15) is 0 Å². The first-order chi connectivity index (χ1) is 17.4. The van der Waals surface area contributed by atoms with Crippen molar-refractivity contribution in [1.82, 2.24) is 10.2 Å². The molecule has 0 unspecified atom stereocenters. The summed E-state index contributed by atoms with van der Waals surface area (Å²) >= 11 is 13.6. The molecule has 0 aliphatic heterocycles. The highest BCUT2D eigenvalue weighted by molar-refractivity contribution is 7.99. The van der Waals surface area contributed by atoms with Crippen molar-refractivity contribution in [3.8, 4) is 5.75 Å². The Labute approximate surface area is 227 Å². The summed E-state index contributed by atoms with van der Waals surface area (Å²) < 4.78 is 5.36. The summed E-state index contributed by atoms with van der Waals surface area (Å²) in [5.41, 5.74) is 2.85. The molecule has 1 atom stereocenters. The third-order valence-electron chi connectivity index (χ3n) is 5.59. The number of likely N-dealkylation sites (N-methyl/N-ethyl adjacent to an activating group) is 1. The summed E-state index contributed by atoms with van der Waals surface area (Å²) in [5, 5.41) is 3.89. The molecule has 0 aliphatic carbocycles. The first kappa shape index (κ1) is 27.9. The summed E-state index contributed by atoms with van der Waals surface area (Å²) in [6.45, 7) is 2.65. The Morgan fingerprint density at radius 3 is 2.39 bits per heavy atom. The normalized spacial score (nSPS) is 11.6. The van der Waals surface area contributed by atoms with E-state index in [1.54, 1.807) is 18.1 Å². The third-order valence-corrected chi connectivity index (χ3v) is 7.32. The van der Waals surface area contributed by atoms with E-state index in [0.29, 0.717) is 34.5 Å². The van der Waals surface area contributed by atoms with Crippen molar-refractivity contribution in [3.05, 3.63) is 99.5 Å². The molecule has 3 rings (SSSR count). The molecule has 0 saturated heterocycles. The number of halogens is 2. The van der Waals surface area contributed by atoms with Crippen molar-refractivity contribution in [1.29, 1.82) is 0 Å². The van der Waals surface area contributed by atoms with Crippen LogP contribution in [0, 0.1) is 0 Å². The molecule has 0 saturated carbocycles. The number of carbonyl (C=O) groups excluding carboxylic acids is 2. The van der Waals surface area contributed by atoms with Gasteiger partial charge >= 0.3 is 0 Å². The largest absolute Gasteiger partial charge is 0.497 e. The van der Waals surface area contributed by atoms with Gasteiger partial charge in [-0.05, 0) is 47.9 Å². The Morgan fingerprint density at radius 1 is 0.944 bits per heavy atom. The molecule has 3 aromatic rings. The number of hydrogen-bond acceptors (Lipinski definition) is 4. The van der Waals surface area contributed by atoms with E-state index in [1.165, 1.54) is 11.8 Å². The van der Waals surface area contributed by atoms with Gasteiger partial charge in [-0.25, -0.2) is 0 Å². The molecule has 0 radical (unpaired) electrons. The fourth-order valence-corrected chi connectivity index (χ4v) is 4.96. The standard InChI is InChI=1S/C28H30Cl2N2O3S/c1-3-31-28(34)26(16-20-8-5-4-6-9-20)32(17-21-10-7-11-23(14-21)35-2)27(33)19-36-18-22-12-13-24(29)25(30)15-22/h4-15,26H,3,16-19H2,1-2H3,(H,31,34)/t26-/m0/s1. The molecule has 0 bridgehead atoms. The maximum absolute atomic E-state index is 13.6. The number of benzene rings is 3. The van der Waals surface area contributed by atoms with Crippen LogP contribution in [0.1, 0.15) is 23.6 Å². The molecule has 8 heteroatoms. The van der Waals surface area contributed by atoms with Gasteiger partial charge in [-0.15, -0.1) is 11.8 Å². The lowest BCUT2D eigenvalue weighted by Gasteiger charge is -2.31. The Bertz CT molecular complexity index is 1160. The number of nitrogens with zero attached hydrogens (tertiary/aromatic N) is 1. The van der Waals surface area contributed by atoms with Gasteiger partial charge in [0, 0.05) is 25.3 Å². The van der Waals surface area contributed by atoms with Crippen molar-refractivity contribution in [3.63, 3.8) is 0 Å². The molecule has 0 fully saturated rings. The van der Waals surface area contributed by atoms with Crippen LogP contribution in [0.15, 0.2) is 72.8 Å². The Balaban J connectivity index is 1.84. The van der Waals surface area contributed by atoms with E-state index in [2.05, 4.69) is 5.32 Å². The van der Waals surface area contributed by atoms with Gasteiger partial charge in [0.25, 0.3) is 0 Å². The van der Waals surface area contributed by atoms with Gasteiger partial charge < -0.3 is 15.0 Å². The minimum absolute atomic E-state index is 0.116. The van der Waals surface area contributed by atoms with Crippen LogP contribution in [0.25, 0.3) is 0 Å². The van der Waals surface area contributed by atoms with Crippen LogP contribution in [0.3, 0.4) is 0 Å². The van der Waals surface area contributed by atoms with Crippen LogP contribution in [-0.4, -0.2) is 42.2 Å². The van der Waals surface area contributed by atoms with Crippen LogP contribution in [-0.2, 0) is 28.3 Å². The molecule has 5 nitrogen and oxygen atoms in total. The second-order valence-electron chi connectivity index (χ2n) is 8.21. The first-order valence-corrected chi connectivity index (χ1v) is 13.6. The zero-order valence-electron chi connectivity index (χ0n) is 20.4. The second-order valence-corrected chi connectivity index (χ2v) is 10.0. The maximum atomic E-state index is 13.6. The van der Waals surface area contributed by atoms with Gasteiger partial charge in [0.15, 0.2) is 0 Å². The monoisotopic (exact) mass is 544 g/mol. The predicted molar refractivity (Wildman–Crippen MR) is 149 cm³/mol. The Morgan fingerprint density at radius 2 is 1.69 bits per heavy atom. The summed E-state index contributed by atoms with van der Waals surface area (Å²) in [6, 6.07) is 22.1. The summed E-state index contributed by atoms with van der Waals surface area (Å²) in [4.78, 5) is 28.5. The van der Waals surface area contributed by atoms with E-state index in [0.717, 1.165) is 16.7 Å². The van der Waals surface area contributed by atoms with Crippen molar-refractivity contribution in [2.75, 3.05) is 19.4 Å². The fraction of sp³-hybridized carbons (Fsp3) is 0.286. The van der Waals surface area contributed by atoms with Crippen molar-refractivity contribution < 1.29 is 14.3 Å². The number of rotatable bonds is 12. The molecule has 2 amide bonds. The van der Waals surface area contributed by atoms with E-state index in [1.807, 2.05) is 73.7 Å². The third kappa shape index (κ3) is 8.19. The lowest BCUT2D eigenvalue weighted by Crippen LogP contribution is -2.51. The molecule has 1 N–H and O–H groups in total. The molecule has 36 heavy (non-hydrogen) atoms. The molecule has 0 heterocycles. The topological polar surface area (TPSA) is 58.6 Å². The number of nitrogens with one attached hydrogen (secondary N) is 1. The highest BCUT2D eigenvalue weighted by Gasteiger charge is 2.30. The number of methoxy groups -OCH3 is 1. The van der Waals surface area contributed by atoms with E-state index in [-0.39, 0.29) is 24.1 Å². The number of amides is 2. The quantitative estimate of drug-likeness (QED) is 0.303. The van der Waals surface area contributed by atoms with Crippen LogP contribution in [0.4, 0.5) is 0 Å². The number of ether oxygens (including phenoxy) is 1. The van der Waals surface area contributed by atoms with Crippen molar-refractivity contribution in [2.24, 2.45) is 0 Å². The molecular formula is C28H30Cl2N2O3S. The van der Waals surface area contributed by atoms with Gasteiger partial charge in [-0.3, -0.25) is 9.59 Å². The number of carbonyl (C=O) groups is 2. The van der Waals surface area contributed by atoms with Crippen molar-refractivity contribution >= 4 is 46.8 Å². The van der Waals surface area contributed by atoms with Crippen LogP contribution in [0.2, 0.25) is 10.0 Å². The Hall–Kier alpha value is -2.67. The maximum Gasteiger partial charge on any atom is 0.243 e. The minimum Gasteiger partial charge on any atom is -0.497 e. The first-order valence-electron chi connectivity index (χ1n) is 11.7. The molecule has 0 aliphatic rings. The predicted octanol–water partition coefficient (Wildman–Crippen LogP) is 6.01. The van der Waals surface area contributed by atoms with E-state index in [9.17, 15) is 9.59 Å². The zero-order valence-corrected chi connectivity index (χ0v) is 22.7. The number of thioether (sulfide) groups is 1. The van der Waals surface area contributed by atoms with Gasteiger partial charge in [0.1, 0.15) is 11.8 Å². The molecule has 0 aromatic heterocycles. The minimum atomic E-state index is -0.656. The zero-order chi connectivity index (χ0) is 25.9. The van der Waals surface area contributed by atoms with Crippen molar-refractivity contribution in [2.45, 2.75) is 31.7 Å². The lowest BCUT2D eigenvalue weighted by atomic mass is 10.0. The van der Waals surface area contributed by atoms with E-state index in [4.69, 9.17) is 27.9 Å². The summed E-state index contributed by atoms with van der Waals surface area (Å²) in [6.07, 6.45) is 0.417. The average molecular weight is 546 g/mol. The van der Waals surface area contributed by atoms with Crippen LogP contribution < -0.4 is 10.1 Å². The van der Waals surface area contributed by atoms with Crippen LogP contribution >= 0.6 is 35.0 Å². The molecular weight excluding hydrogens is 515 g/mol. The number of hydrogen-bond donors (Lipinski definition) is 1. The lowest BCUT2D eigenvalue weighted by molar-refractivity contribution is -0.139. The Kier molecular flexibility index (Phi) is 11.0. The van der Waals surface area contributed by atoms with E-state index < -0.39 is 6.04 Å². The SMILES string of the molecule is CCNC(=O)[C@H](Cc1ccccc1)N(Cc1cccc(OC)c1)C(=O)CSCc1ccc(Cl)c(Cl)c1. The average Bonchev–Trinajstić information content (AvgIpc) is 2.89. The van der Waals surface area contributed by atoms with Gasteiger partial charge in [0.05, 0.1) is 22.9 Å². The smallest absolute Gasteiger partial charge is 0.243 e. The van der Waals surface area contributed by atoms with Crippen LogP contribution in [0.5, 0.6) is 5.75 Å². The van der Waals surface area contributed by atoms with Gasteiger partial charge in [-0.1, -0.05) is 71.7 Å². The highest BCUT2D eigenvalue weighted by atomic mass is 35.5. The fourth-order valence-electron chi connectivity index (χ4n) is 3.78. The molecule has 0 spiro atoms. The second kappa shape index (κ2) is 14.2. The van der Waals surface area contributed by atoms with Gasteiger partial charge in [0.2, 0.25) is 11.8 Å². The molecule has 3 aromatic carbocycles. The summed E-state index contributed by atoms with van der Waals surface area (Å²) in [5.74, 6) is 1.23. The highest BCUT2D eigenvalue weighted by Crippen LogP contribution is 2.25.